The summed E-state index contributed by atoms with van der Waals surface area (Å²) in [5.41, 5.74) is 3.84. The normalized spacial score (nSPS) is 15.4. The molecule has 0 amide bonds. The molecular weight excluding hydrogens is 493 g/mol. The average Bonchev–Trinajstić information content (AvgIpc) is 3.19. The van der Waals surface area contributed by atoms with E-state index in [-0.39, 0.29) is 0 Å². The Morgan fingerprint density at radius 2 is 1.84 bits per heavy atom. The number of ketones is 1. The zero-order valence-electron chi connectivity index (χ0n) is 21.4. The van der Waals surface area contributed by atoms with Crippen LogP contribution in [0.3, 0.4) is 0 Å². The van der Waals surface area contributed by atoms with E-state index in [0.717, 1.165) is 36.2 Å². The van der Waals surface area contributed by atoms with Crippen LogP contribution >= 0.6 is 0 Å². The minimum atomic E-state index is -4.48. The summed E-state index contributed by atoms with van der Waals surface area (Å²) in [7, 11) is 0. The standard InChI is InChI=1S/C30H27F3N2O3/c1-17-11-12-26-24(13-17)28(22-9-4-5-10-25(22)34-26)29(37)38-16-27(36)23-14-18(2)35(19(23)3)21-8-6-7-20(15-21)30(31,32)33/h4-10,14-15,17H,11-13,16H2,1-3H3/t17-/m1/s1. The lowest BCUT2D eigenvalue weighted by atomic mass is 9.84. The quantitative estimate of drug-likeness (QED) is 0.214. The number of para-hydroxylation sites is 1. The molecule has 0 unspecified atom stereocenters. The van der Waals surface area contributed by atoms with Gasteiger partial charge in [0.05, 0.1) is 16.6 Å². The number of fused-ring (bicyclic) bond motifs is 2. The summed E-state index contributed by atoms with van der Waals surface area (Å²) in [6, 6.07) is 14.0. The Kier molecular flexibility index (Phi) is 6.59. The summed E-state index contributed by atoms with van der Waals surface area (Å²) in [5, 5.41) is 0.695. The van der Waals surface area contributed by atoms with Crippen LogP contribution < -0.4 is 0 Å². The van der Waals surface area contributed by atoms with Crippen LogP contribution in [0.25, 0.3) is 16.6 Å². The lowest BCUT2D eigenvalue weighted by Crippen LogP contribution is -2.21. The van der Waals surface area contributed by atoms with E-state index >= 15 is 0 Å². The number of alkyl halides is 3. The highest BCUT2D eigenvalue weighted by molar-refractivity contribution is 6.06. The second-order valence-corrected chi connectivity index (χ2v) is 9.94. The highest BCUT2D eigenvalue weighted by Crippen LogP contribution is 2.33. The van der Waals surface area contributed by atoms with Crippen molar-refractivity contribution in [3.05, 3.63) is 93.9 Å². The topological polar surface area (TPSA) is 61.2 Å². The molecule has 2 heterocycles. The smallest absolute Gasteiger partial charge is 0.416 e. The highest BCUT2D eigenvalue weighted by atomic mass is 19.4. The van der Waals surface area contributed by atoms with Gasteiger partial charge >= 0.3 is 12.1 Å². The molecule has 0 bridgehead atoms. The summed E-state index contributed by atoms with van der Waals surface area (Å²) in [6.45, 7) is 5.03. The molecule has 4 aromatic rings. The van der Waals surface area contributed by atoms with Gasteiger partial charge in [-0.3, -0.25) is 9.78 Å². The molecule has 196 valence electrons. The van der Waals surface area contributed by atoms with Crippen molar-refractivity contribution in [2.24, 2.45) is 5.92 Å². The number of pyridine rings is 1. The summed E-state index contributed by atoms with van der Waals surface area (Å²) in [4.78, 5) is 31.3. The molecule has 0 aliphatic heterocycles. The van der Waals surface area contributed by atoms with Crippen molar-refractivity contribution in [1.29, 1.82) is 0 Å². The molecule has 38 heavy (non-hydrogen) atoms. The summed E-state index contributed by atoms with van der Waals surface area (Å²) >= 11 is 0. The SMILES string of the molecule is Cc1cc(C(=O)COC(=O)c2c3c(nc4ccccc24)CC[C@@H](C)C3)c(C)n1-c1cccc(C(F)(F)F)c1. The van der Waals surface area contributed by atoms with Crippen molar-refractivity contribution in [2.45, 2.75) is 46.2 Å². The first-order chi connectivity index (χ1) is 18.0. The second-order valence-electron chi connectivity index (χ2n) is 9.94. The van der Waals surface area contributed by atoms with Crippen molar-refractivity contribution in [3.63, 3.8) is 0 Å². The predicted octanol–water partition coefficient (Wildman–Crippen LogP) is 6.83. The van der Waals surface area contributed by atoms with Crippen LogP contribution in [-0.4, -0.2) is 27.9 Å². The number of rotatable bonds is 5. The van der Waals surface area contributed by atoms with E-state index in [0.29, 0.717) is 51.4 Å². The van der Waals surface area contributed by atoms with Crippen molar-refractivity contribution in [2.75, 3.05) is 6.61 Å². The molecule has 1 aliphatic rings. The van der Waals surface area contributed by atoms with Gasteiger partial charge in [0.1, 0.15) is 0 Å². The molecule has 1 atom stereocenters. The van der Waals surface area contributed by atoms with Crippen LogP contribution in [0.15, 0.2) is 54.6 Å². The first-order valence-electron chi connectivity index (χ1n) is 12.5. The summed E-state index contributed by atoms with van der Waals surface area (Å²) < 4.78 is 46.9. The molecule has 1 aliphatic carbocycles. The molecule has 0 fully saturated rings. The molecule has 2 aromatic heterocycles. The van der Waals surface area contributed by atoms with Gasteiger partial charge in [-0.25, -0.2) is 4.79 Å². The number of aromatic nitrogens is 2. The lowest BCUT2D eigenvalue weighted by molar-refractivity contribution is -0.137. The number of halogens is 3. The number of nitrogens with zero attached hydrogens (tertiary/aromatic N) is 2. The van der Waals surface area contributed by atoms with Crippen molar-refractivity contribution in [3.8, 4) is 5.69 Å². The van der Waals surface area contributed by atoms with Gasteiger partial charge < -0.3 is 9.30 Å². The van der Waals surface area contributed by atoms with Crippen LogP contribution in [0.5, 0.6) is 0 Å². The van der Waals surface area contributed by atoms with Gasteiger partial charge in [-0.05, 0) is 74.9 Å². The van der Waals surface area contributed by atoms with Gasteiger partial charge in [0.25, 0.3) is 0 Å². The molecular formula is C30H27F3N2O3. The van der Waals surface area contributed by atoms with Crippen LogP contribution in [0, 0.1) is 19.8 Å². The molecule has 8 heteroatoms. The Labute approximate surface area is 218 Å². The Bertz CT molecular complexity index is 1570. The second kappa shape index (κ2) is 9.74. The van der Waals surface area contributed by atoms with Crippen LogP contribution in [0.2, 0.25) is 0 Å². The molecule has 5 rings (SSSR count). The number of aryl methyl sites for hydroxylation is 2. The molecule has 0 saturated carbocycles. The lowest BCUT2D eigenvalue weighted by Gasteiger charge is -2.24. The zero-order valence-corrected chi connectivity index (χ0v) is 21.4. The minimum absolute atomic E-state index is 0.294. The maximum atomic E-state index is 13.4. The number of carbonyl (C=O) groups is 2. The predicted molar refractivity (Wildman–Crippen MR) is 138 cm³/mol. The van der Waals surface area contributed by atoms with Crippen LogP contribution in [0.4, 0.5) is 13.2 Å². The number of hydrogen-bond acceptors (Lipinski definition) is 4. The first-order valence-corrected chi connectivity index (χ1v) is 12.5. The Morgan fingerprint density at radius 3 is 2.61 bits per heavy atom. The maximum absolute atomic E-state index is 13.4. The third-order valence-corrected chi connectivity index (χ3v) is 7.21. The van der Waals surface area contributed by atoms with Gasteiger partial charge in [0.15, 0.2) is 6.61 Å². The van der Waals surface area contributed by atoms with E-state index < -0.39 is 30.1 Å². The van der Waals surface area contributed by atoms with E-state index in [1.165, 1.54) is 6.07 Å². The zero-order chi connectivity index (χ0) is 27.2. The number of carbonyl (C=O) groups excluding carboxylic acids is 2. The Hall–Kier alpha value is -3.94. The Balaban J connectivity index is 1.42. The first kappa shape index (κ1) is 25.7. The fraction of sp³-hybridized carbons (Fsp3) is 0.300. The fourth-order valence-electron chi connectivity index (χ4n) is 5.34. The van der Waals surface area contributed by atoms with Crippen molar-refractivity contribution >= 4 is 22.7 Å². The molecule has 0 radical (unpaired) electrons. The van der Waals surface area contributed by atoms with E-state index in [1.807, 2.05) is 24.3 Å². The monoisotopic (exact) mass is 520 g/mol. The van der Waals surface area contributed by atoms with E-state index in [2.05, 4.69) is 6.92 Å². The molecule has 2 aromatic carbocycles. The number of ether oxygens (including phenoxy) is 1. The van der Waals surface area contributed by atoms with Crippen molar-refractivity contribution in [1.82, 2.24) is 9.55 Å². The third kappa shape index (κ3) is 4.71. The fourth-order valence-corrected chi connectivity index (χ4v) is 5.34. The highest BCUT2D eigenvalue weighted by Gasteiger charge is 2.31. The Morgan fingerprint density at radius 1 is 1.08 bits per heavy atom. The number of esters is 1. The van der Waals surface area contributed by atoms with E-state index in [9.17, 15) is 22.8 Å². The van der Waals surface area contributed by atoms with E-state index in [4.69, 9.17) is 9.72 Å². The number of hydrogen-bond donors (Lipinski definition) is 0. The van der Waals surface area contributed by atoms with Gasteiger partial charge in [-0.1, -0.05) is 31.2 Å². The van der Waals surface area contributed by atoms with Crippen molar-refractivity contribution < 1.29 is 27.5 Å². The van der Waals surface area contributed by atoms with E-state index in [1.54, 1.807) is 30.5 Å². The molecule has 0 spiro atoms. The minimum Gasteiger partial charge on any atom is -0.454 e. The van der Waals surface area contributed by atoms with Crippen LogP contribution in [0.1, 0.15) is 62.3 Å². The largest absolute Gasteiger partial charge is 0.454 e. The maximum Gasteiger partial charge on any atom is 0.416 e. The van der Waals surface area contributed by atoms with Gasteiger partial charge in [-0.2, -0.15) is 13.2 Å². The van der Waals surface area contributed by atoms with Crippen LogP contribution in [-0.2, 0) is 23.8 Å². The molecule has 0 saturated heterocycles. The average molecular weight is 521 g/mol. The van der Waals surface area contributed by atoms with Gasteiger partial charge in [0.2, 0.25) is 5.78 Å². The summed E-state index contributed by atoms with van der Waals surface area (Å²) in [6.07, 6.45) is -2.00. The number of benzene rings is 2. The third-order valence-electron chi connectivity index (χ3n) is 7.21. The molecule has 0 N–H and O–H groups in total. The van der Waals surface area contributed by atoms with Gasteiger partial charge in [0, 0.05) is 33.7 Å². The molecule has 5 nitrogen and oxygen atoms in total. The van der Waals surface area contributed by atoms with Gasteiger partial charge in [-0.15, -0.1) is 0 Å². The number of Topliss-reactive ketones (excluding diaryl/α,β-unsaturated/α-hetero) is 1. The summed E-state index contributed by atoms with van der Waals surface area (Å²) in [5.74, 6) is -0.598.